The van der Waals surface area contributed by atoms with Gasteiger partial charge in [0.25, 0.3) is 0 Å². The van der Waals surface area contributed by atoms with E-state index in [1.54, 1.807) is 0 Å². The minimum absolute atomic E-state index is 0.413. The van der Waals surface area contributed by atoms with Crippen LogP contribution in [0.4, 0.5) is 5.82 Å². The lowest BCUT2D eigenvalue weighted by Gasteiger charge is -2.23. The molecule has 1 aliphatic rings. The zero-order valence-corrected chi connectivity index (χ0v) is 10.2. The second kappa shape index (κ2) is 4.32. The van der Waals surface area contributed by atoms with Crippen LogP contribution < -0.4 is 5.73 Å². The van der Waals surface area contributed by atoms with E-state index in [4.69, 9.17) is 10.7 Å². The number of aromatic nitrogens is 2. The van der Waals surface area contributed by atoms with Crippen LogP contribution in [0.2, 0.25) is 0 Å². The van der Waals surface area contributed by atoms with Gasteiger partial charge < -0.3 is 10.3 Å². The normalized spacial score (nSPS) is 16.4. The lowest BCUT2D eigenvalue weighted by atomic mass is 9.83. The Morgan fingerprint density at radius 1 is 1.56 bits per heavy atom. The Morgan fingerprint density at radius 2 is 2.25 bits per heavy atom. The first-order valence-electron chi connectivity index (χ1n) is 6.11. The molecule has 0 aliphatic heterocycles. The molecule has 1 heterocycles. The molecule has 0 bridgehead atoms. The molecule has 2 rings (SSSR count). The lowest BCUT2D eigenvalue weighted by Crippen LogP contribution is -2.12. The summed E-state index contributed by atoms with van der Waals surface area (Å²) < 4.78 is 2.10. The smallest absolute Gasteiger partial charge is 0.127 e. The van der Waals surface area contributed by atoms with Crippen molar-refractivity contribution in [3.8, 4) is 0 Å². The van der Waals surface area contributed by atoms with Crippen LogP contribution in [0, 0.1) is 0 Å². The molecule has 1 aliphatic carbocycles. The van der Waals surface area contributed by atoms with Crippen molar-refractivity contribution in [1.82, 2.24) is 9.55 Å². The highest BCUT2D eigenvalue weighted by atomic mass is 15.1. The Balaban J connectivity index is 2.39. The summed E-state index contributed by atoms with van der Waals surface area (Å²) in [5.74, 6) is 2.97. The summed E-state index contributed by atoms with van der Waals surface area (Å²) in [4.78, 5) is 4.74. The van der Waals surface area contributed by atoms with Crippen molar-refractivity contribution in [2.24, 2.45) is 0 Å². The minimum Gasteiger partial charge on any atom is -0.384 e. The van der Waals surface area contributed by atoms with Crippen LogP contribution in [0.1, 0.15) is 56.5 Å². The van der Waals surface area contributed by atoms with Crippen LogP contribution in [-0.4, -0.2) is 9.55 Å². The first-order chi connectivity index (χ1) is 7.65. The van der Waals surface area contributed by atoms with Gasteiger partial charge in [0.2, 0.25) is 0 Å². The van der Waals surface area contributed by atoms with Gasteiger partial charge in [0, 0.05) is 18.4 Å². The maximum absolute atomic E-state index is 6.19. The van der Waals surface area contributed by atoms with Crippen LogP contribution in [0.25, 0.3) is 0 Å². The summed E-state index contributed by atoms with van der Waals surface area (Å²) >= 11 is 0. The van der Waals surface area contributed by atoms with Gasteiger partial charge in [-0.2, -0.15) is 0 Å². The Morgan fingerprint density at radius 3 is 2.69 bits per heavy atom. The van der Waals surface area contributed by atoms with Gasteiger partial charge in [0.05, 0.1) is 5.69 Å². The van der Waals surface area contributed by atoms with Crippen molar-refractivity contribution < 1.29 is 0 Å². The molecule has 0 atom stereocenters. The van der Waals surface area contributed by atoms with Gasteiger partial charge in [-0.1, -0.05) is 26.3 Å². The van der Waals surface area contributed by atoms with Crippen molar-refractivity contribution >= 4 is 5.82 Å². The predicted molar refractivity (Wildman–Crippen MR) is 67.5 cm³/mol. The second-order valence-corrected chi connectivity index (χ2v) is 4.92. The van der Waals surface area contributed by atoms with Gasteiger partial charge in [-0.3, -0.25) is 0 Å². The average molecular weight is 219 g/mol. The Labute approximate surface area is 97.4 Å². The summed E-state index contributed by atoms with van der Waals surface area (Å²) in [7, 11) is 0. The van der Waals surface area contributed by atoms with E-state index in [-0.39, 0.29) is 0 Å². The Hall–Kier alpha value is -1.25. The van der Waals surface area contributed by atoms with E-state index >= 15 is 0 Å². The third kappa shape index (κ3) is 1.75. The van der Waals surface area contributed by atoms with Crippen molar-refractivity contribution in [3.63, 3.8) is 0 Å². The first kappa shape index (κ1) is 11.2. The van der Waals surface area contributed by atoms with Crippen LogP contribution in [-0.2, 0) is 6.54 Å². The molecule has 0 spiro atoms. The molecule has 1 aromatic heterocycles. The number of allylic oxidation sites excluding steroid dienone is 1. The fraction of sp³-hybridized carbons (Fsp3) is 0.615. The topological polar surface area (TPSA) is 43.8 Å². The molecule has 0 unspecified atom stereocenters. The summed E-state index contributed by atoms with van der Waals surface area (Å²) in [6, 6.07) is 0. The van der Waals surface area contributed by atoms with Gasteiger partial charge in [-0.05, 0) is 12.8 Å². The van der Waals surface area contributed by atoms with E-state index in [1.807, 2.05) is 6.08 Å². The van der Waals surface area contributed by atoms with Crippen molar-refractivity contribution in [1.29, 1.82) is 0 Å². The summed E-state index contributed by atoms with van der Waals surface area (Å²) in [6.07, 6.45) is 5.68. The number of nitrogen functional groups attached to an aromatic ring is 1. The summed E-state index contributed by atoms with van der Waals surface area (Å²) in [5, 5.41) is 0. The molecule has 0 radical (unpaired) electrons. The molecule has 1 saturated carbocycles. The predicted octanol–water partition coefficient (Wildman–Crippen LogP) is 3.04. The number of hydrogen-bond acceptors (Lipinski definition) is 2. The SMILES string of the molecule is C=CCn1c(C(C)C)nc(C2CCC2)c1N. The van der Waals surface area contributed by atoms with E-state index in [1.165, 1.54) is 19.3 Å². The average Bonchev–Trinajstić information content (AvgIpc) is 2.45. The van der Waals surface area contributed by atoms with Crippen LogP contribution >= 0.6 is 0 Å². The fourth-order valence-electron chi connectivity index (χ4n) is 2.25. The van der Waals surface area contributed by atoms with Crippen molar-refractivity contribution in [2.75, 3.05) is 5.73 Å². The molecular weight excluding hydrogens is 198 g/mol. The number of anilines is 1. The van der Waals surface area contributed by atoms with Crippen LogP contribution in [0.3, 0.4) is 0 Å². The van der Waals surface area contributed by atoms with Gasteiger partial charge in [0.15, 0.2) is 0 Å². The zero-order chi connectivity index (χ0) is 11.7. The maximum atomic E-state index is 6.19. The third-order valence-electron chi connectivity index (χ3n) is 3.38. The van der Waals surface area contributed by atoms with Gasteiger partial charge in [-0.25, -0.2) is 4.98 Å². The standard InChI is InChI=1S/C13H21N3/c1-4-8-16-12(14)11(10-6-5-7-10)15-13(16)9(2)3/h4,9-10H,1,5-8,14H2,2-3H3. The Kier molecular flexibility index (Phi) is 3.03. The molecule has 2 N–H and O–H groups in total. The molecule has 1 fully saturated rings. The molecule has 1 aromatic rings. The summed E-state index contributed by atoms with van der Waals surface area (Å²) in [6.45, 7) is 8.86. The lowest BCUT2D eigenvalue weighted by molar-refractivity contribution is 0.413. The number of nitrogens with zero attached hydrogens (tertiary/aromatic N) is 2. The van der Waals surface area contributed by atoms with Crippen molar-refractivity contribution in [3.05, 3.63) is 24.2 Å². The highest BCUT2D eigenvalue weighted by Gasteiger charge is 2.27. The van der Waals surface area contributed by atoms with E-state index in [9.17, 15) is 0 Å². The van der Waals surface area contributed by atoms with E-state index < -0.39 is 0 Å². The molecule has 0 aromatic carbocycles. The van der Waals surface area contributed by atoms with Crippen molar-refractivity contribution in [2.45, 2.75) is 51.5 Å². The van der Waals surface area contributed by atoms with E-state index in [2.05, 4.69) is 25.0 Å². The second-order valence-electron chi connectivity index (χ2n) is 4.92. The highest BCUT2D eigenvalue weighted by molar-refractivity contribution is 5.42. The quantitative estimate of drug-likeness (QED) is 0.791. The number of rotatable bonds is 4. The number of hydrogen-bond donors (Lipinski definition) is 1. The molecule has 16 heavy (non-hydrogen) atoms. The van der Waals surface area contributed by atoms with Crippen LogP contribution in [0.15, 0.2) is 12.7 Å². The molecule has 0 amide bonds. The molecule has 88 valence electrons. The minimum atomic E-state index is 0.413. The largest absolute Gasteiger partial charge is 0.384 e. The molecule has 3 nitrogen and oxygen atoms in total. The maximum Gasteiger partial charge on any atom is 0.127 e. The van der Waals surface area contributed by atoms with Gasteiger partial charge in [0.1, 0.15) is 11.6 Å². The van der Waals surface area contributed by atoms with E-state index in [0.29, 0.717) is 11.8 Å². The molecule has 3 heteroatoms. The van der Waals surface area contributed by atoms with Gasteiger partial charge in [-0.15, -0.1) is 6.58 Å². The first-order valence-corrected chi connectivity index (χ1v) is 6.11. The zero-order valence-electron chi connectivity index (χ0n) is 10.2. The molecular formula is C13H21N3. The Bertz CT molecular complexity index is 386. The fourth-order valence-corrected chi connectivity index (χ4v) is 2.25. The molecule has 0 saturated heterocycles. The number of nitrogens with two attached hydrogens (primary N) is 1. The highest BCUT2D eigenvalue weighted by Crippen LogP contribution is 2.39. The number of imidazole rings is 1. The van der Waals surface area contributed by atoms with Crippen LogP contribution in [0.5, 0.6) is 0 Å². The monoisotopic (exact) mass is 219 g/mol. The van der Waals surface area contributed by atoms with Gasteiger partial charge >= 0.3 is 0 Å². The van der Waals surface area contributed by atoms with E-state index in [0.717, 1.165) is 23.9 Å². The summed E-state index contributed by atoms with van der Waals surface area (Å²) in [5.41, 5.74) is 7.31. The third-order valence-corrected chi connectivity index (χ3v) is 3.38.